The smallest absolute Gasteiger partial charge is 0.262 e. The summed E-state index contributed by atoms with van der Waals surface area (Å²) in [4.78, 5) is 61.7. The number of phenolic OH excluding ortho intramolecular Hbond substituents is 1. The van der Waals surface area contributed by atoms with E-state index in [1.165, 1.54) is 6.42 Å². The molecule has 4 amide bonds. The number of piperidine rings is 3. The zero-order valence-electron chi connectivity index (χ0n) is 30.1. The number of likely N-dealkylation sites (tertiary alicyclic amines) is 1. The second-order valence-corrected chi connectivity index (χ2v) is 15.5. The molecule has 2 unspecified atom stereocenters. The van der Waals surface area contributed by atoms with Crippen molar-refractivity contribution >= 4 is 35.0 Å². The molecule has 4 saturated heterocycles. The van der Waals surface area contributed by atoms with Crippen LogP contribution in [0.3, 0.4) is 0 Å². The highest BCUT2D eigenvalue weighted by molar-refractivity contribution is 6.23. The van der Waals surface area contributed by atoms with Gasteiger partial charge < -0.3 is 36.6 Å². The van der Waals surface area contributed by atoms with Gasteiger partial charge in [0.15, 0.2) is 0 Å². The van der Waals surface area contributed by atoms with Crippen LogP contribution in [0.15, 0.2) is 60.1 Å². The van der Waals surface area contributed by atoms with Crippen LogP contribution in [-0.4, -0.2) is 126 Å². The number of phenols is 1. The Kier molecular flexibility index (Phi) is 9.27. The van der Waals surface area contributed by atoms with Crippen LogP contribution < -0.4 is 27.0 Å². The number of amides is 4. The molecule has 0 aliphatic carbocycles. The van der Waals surface area contributed by atoms with E-state index in [4.69, 9.17) is 11.5 Å². The van der Waals surface area contributed by atoms with Gasteiger partial charge in [-0.3, -0.25) is 34.3 Å². The number of hydrogen-bond donors (Lipinski definition) is 5. The van der Waals surface area contributed by atoms with Crippen LogP contribution in [0.5, 0.6) is 5.75 Å². The number of nitrogens with two attached hydrogens (primary N) is 2. The fourth-order valence-corrected chi connectivity index (χ4v) is 9.22. The summed E-state index contributed by atoms with van der Waals surface area (Å²) in [5, 5.41) is 15.9. The minimum absolute atomic E-state index is 0.101. The minimum Gasteiger partial charge on any atom is -0.507 e. The number of para-hydroxylation sites is 1. The summed E-state index contributed by atoms with van der Waals surface area (Å²) in [7, 11) is 0. The van der Waals surface area contributed by atoms with Gasteiger partial charge in [-0.15, -0.1) is 0 Å². The van der Waals surface area contributed by atoms with Crippen LogP contribution in [0.4, 0.5) is 5.69 Å². The summed E-state index contributed by atoms with van der Waals surface area (Å²) in [6.45, 7) is 9.43. The second-order valence-electron chi connectivity index (χ2n) is 15.5. The maximum absolute atomic E-state index is 13.5. The zero-order valence-corrected chi connectivity index (χ0v) is 30.1. The summed E-state index contributed by atoms with van der Waals surface area (Å²) < 4.78 is 0. The largest absolute Gasteiger partial charge is 0.507 e. The Morgan fingerprint density at radius 1 is 0.925 bits per heavy atom. The van der Waals surface area contributed by atoms with Crippen LogP contribution in [0, 0.1) is 5.41 Å². The molecule has 1 spiro atoms. The number of nitrogens with zero attached hydrogens (tertiary/aromatic N) is 5. The first-order valence-electron chi connectivity index (χ1n) is 18.9. The van der Waals surface area contributed by atoms with Gasteiger partial charge in [-0.05, 0) is 87.0 Å². The first-order chi connectivity index (χ1) is 25.6. The van der Waals surface area contributed by atoms with Gasteiger partial charge in [-0.1, -0.05) is 12.1 Å². The average molecular weight is 724 g/mol. The maximum atomic E-state index is 13.5. The molecule has 14 heteroatoms. The molecule has 0 aromatic heterocycles. The maximum Gasteiger partial charge on any atom is 0.262 e. The fourth-order valence-electron chi connectivity index (χ4n) is 9.22. The van der Waals surface area contributed by atoms with Crippen LogP contribution >= 0.6 is 0 Å². The topological polar surface area (TPSA) is 181 Å². The molecular formula is C39H49N9O5. The third-order valence-electron chi connectivity index (χ3n) is 12.3. The molecule has 53 heavy (non-hydrogen) atoms. The summed E-state index contributed by atoms with van der Waals surface area (Å²) in [5.74, 6) is -1.16. The molecule has 0 saturated carbocycles. The van der Waals surface area contributed by atoms with E-state index in [1.807, 2.05) is 24.3 Å². The lowest BCUT2D eigenvalue weighted by molar-refractivity contribution is -0.136. The lowest BCUT2D eigenvalue weighted by Crippen LogP contribution is -2.60. The van der Waals surface area contributed by atoms with Crippen molar-refractivity contribution in [2.75, 3.05) is 70.3 Å². The highest BCUT2D eigenvalue weighted by Crippen LogP contribution is 2.42. The number of fused-ring (bicyclic) bond motifs is 2. The molecule has 4 fully saturated rings. The SMILES string of the molecule is NC1=C(/C=C(\N)c2ccccc2O)N2CCN(CCN3CCC4(CCCN(c5ccc6c(c5)C(=O)N(C5CCC(=O)NC5=O)C6=O)C4)CC3)CC2CN1. The molecular weight excluding hydrogens is 674 g/mol. The van der Waals surface area contributed by atoms with Crippen molar-refractivity contribution in [1.82, 2.24) is 30.2 Å². The van der Waals surface area contributed by atoms with Crippen molar-refractivity contribution in [3.8, 4) is 5.75 Å². The number of carbonyl (C=O) groups excluding carboxylic acids is 4. The van der Waals surface area contributed by atoms with E-state index >= 15 is 0 Å². The number of nitrogens with one attached hydrogen (secondary N) is 2. The van der Waals surface area contributed by atoms with Gasteiger partial charge >= 0.3 is 0 Å². The third-order valence-corrected chi connectivity index (χ3v) is 12.3. The van der Waals surface area contributed by atoms with Crippen molar-refractivity contribution in [2.45, 2.75) is 50.6 Å². The van der Waals surface area contributed by atoms with Crippen LogP contribution in [0.2, 0.25) is 0 Å². The number of rotatable bonds is 7. The van der Waals surface area contributed by atoms with Gasteiger partial charge in [0.2, 0.25) is 11.8 Å². The number of hydrogen-bond acceptors (Lipinski definition) is 12. The lowest BCUT2D eigenvalue weighted by atomic mass is 9.72. The normalized spacial score (nSPS) is 25.4. The zero-order chi connectivity index (χ0) is 36.9. The van der Waals surface area contributed by atoms with E-state index in [1.54, 1.807) is 24.3 Å². The van der Waals surface area contributed by atoms with Crippen LogP contribution in [0.25, 0.3) is 5.70 Å². The average Bonchev–Trinajstić information content (AvgIpc) is 3.40. The third kappa shape index (κ3) is 6.69. The van der Waals surface area contributed by atoms with Crippen molar-refractivity contribution < 1.29 is 24.3 Å². The highest BCUT2D eigenvalue weighted by Gasteiger charge is 2.45. The molecule has 2 atom stereocenters. The summed E-state index contributed by atoms with van der Waals surface area (Å²) in [6, 6.07) is 11.8. The Labute approximate surface area is 309 Å². The van der Waals surface area contributed by atoms with Gasteiger partial charge in [0.1, 0.15) is 17.6 Å². The summed E-state index contributed by atoms with van der Waals surface area (Å²) in [6.07, 6.45) is 6.61. The van der Waals surface area contributed by atoms with Crippen molar-refractivity contribution in [2.24, 2.45) is 16.9 Å². The minimum atomic E-state index is -0.963. The van der Waals surface area contributed by atoms with Crippen LogP contribution in [0.1, 0.15) is 64.8 Å². The Hall–Kier alpha value is -5.08. The molecule has 2 aromatic rings. The molecule has 0 bridgehead atoms. The standard InChI is InChI=1S/C39H49N9O5/c40-30(28-4-1-2-5-33(28)49)21-32-35(41)42-22-26-23-45(18-19-47(26)32)17-16-44-14-11-39(12-15-44)10-3-13-46(24-39)25-6-7-27-29(20-25)38(53)48(37(27)52)31-8-9-34(50)43-36(31)51/h1-2,4-7,20-21,26,31,42,49H,3,8-19,22-24,40-41H2,(H,43,50,51)/b30-21-. The number of imide groups is 2. The monoisotopic (exact) mass is 723 g/mol. The number of benzene rings is 2. The summed E-state index contributed by atoms with van der Waals surface area (Å²) in [5.41, 5.74) is 16.6. The predicted octanol–water partition coefficient (Wildman–Crippen LogP) is 1.19. The van der Waals surface area contributed by atoms with E-state index in [0.717, 1.165) is 101 Å². The van der Waals surface area contributed by atoms with Gasteiger partial charge in [0.25, 0.3) is 11.8 Å². The van der Waals surface area contributed by atoms with E-state index in [-0.39, 0.29) is 36.0 Å². The van der Waals surface area contributed by atoms with E-state index in [9.17, 15) is 24.3 Å². The lowest BCUT2D eigenvalue weighted by Gasteiger charge is -2.49. The molecule has 280 valence electrons. The van der Waals surface area contributed by atoms with Crippen molar-refractivity contribution in [3.05, 3.63) is 76.7 Å². The Bertz CT molecular complexity index is 1890. The fraction of sp³-hybridized carbons (Fsp3) is 0.487. The molecule has 0 radical (unpaired) electrons. The number of carbonyl (C=O) groups is 4. The first kappa shape index (κ1) is 35.0. The van der Waals surface area contributed by atoms with Crippen molar-refractivity contribution in [3.63, 3.8) is 0 Å². The van der Waals surface area contributed by atoms with Gasteiger partial charge in [-0.25, -0.2) is 0 Å². The van der Waals surface area contributed by atoms with E-state index in [0.29, 0.717) is 28.2 Å². The van der Waals surface area contributed by atoms with E-state index < -0.39 is 23.8 Å². The Balaban J connectivity index is 0.840. The predicted molar refractivity (Wildman–Crippen MR) is 199 cm³/mol. The number of allylic oxidation sites excluding steroid dienone is 1. The molecule has 6 heterocycles. The van der Waals surface area contributed by atoms with Gasteiger partial charge in [-0.2, -0.15) is 0 Å². The van der Waals surface area contributed by atoms with Gasteiger partial charge in [0.05, 0.1) is 22.9 Å². The molecule has 7 N–H and O–H groups in total. The number of aromatic hydroxyl groups is 1. The van der Waals surface area contributed by atoms with E-state index in [2.05, 4.69) is 30.2 Å². The molecule has 8 rings (SSSR count). The quantitative estimate of drug-likeness (QED) is 0.258. The highest BCUT2D eigenvalue weighted by atomic mass is 16.3. The molecule has 14 nitrogen and oxygen atoms in total. The molecule has 2 aromatic carbocycles. The first-order valence-corrected chi connectivity index (χ1v) is 18.9. The number of anilines is 1. The van der Waals surface area contributed by atoms with Crippen LogP contribution in [-0.2, 0) is 9.59 Å². The molecule has 6 aliphatic rings. The number of piperazine rings is 1. The Morgan fingerprint density at radius 3 is 2.49 bits per heavy atom. The Morgan fingerprint density at radius 2 is 1.70 bits per heavy atom. The summed E-state index contributed by atoms with van der Waals surface area (Å²) >= 11 is 0. The second kappa shape index (κ2) is 14.0. The van der Waals surface area contributed by atoms with Gasteiger partial charge in [0, 0.05) is 75.7 Å². The van der Waals surface area contributed by atoms with Crippen molar-refractivity contribution in [1.29, 1.82) is 0 Å². The molecule has 6 aliphatic heterocycles.